The van der Waals surface area contributed by atoms with Crippen molar-refractivity contribution in [3.8, 4) is 17.2 Å². The first-order valence-electron chi connectivity index (χ1n) is 8.24. The van der Waals surface area contributed by atoms with E-state index in [-0.39, 0.29) is 17.3 Å². The van der Waals surface area contributed by atoms with Gasteiger partial charge in [-0.05, 0) is 38.1 Å². The molecule has 0 amide bonds. The standard InChI is InChI=1S/C18H21NO4/c1-19-6-5-18-10-3-4-12(20)17(18)23-16-14(18)9(7-11(10)19)8-13(22-2)15(16)21/h3-4,8,10-12,17,20-21H,5-7H2,1-2H3/t10-,11+,12-,17-,18-/m0/s1. The number of methoxy groups -OCH3 is 1. The van der Waals surface area contributed by atoms with E-state index >= 15 is 0 Å². The fourth-order valence-corrected chi connectivity index (χ4v) is 5.44. The van der Waals surface area contributed by atoms with Gasteiger partial charge in [0, 0.05) is 22.9 Å². The van der Waals surface area contributed by atoms with Crippen molar-refractivity contribution < 1.29 is 19.7 Å². The number of piperidine rings is 1. The molecule has 5 nitrogen and oxygen atoms in total. The molecule has 2 heterocycles. The highest BCUT2D eigenvalue weighted by Gasteiger charge is 2.64. The van der Waals surface area contributed by atoms with E-state index in [9.17, 15) is 10.2 Å². The zero-order valence-corrected chi connectivity index (χ0v) is 13.3. The molecule has 0 radical (unpaired) electrons. The molecule has 1 saturated heterocycles. The monoisotopic (exact) mass is 315 g/mol. The summed E-state index contributed by atoms with van der Waals surface area (Å²) >= 11 is 0. The Morgan fingerprint density at radius 2 is 2.22 bits per heavy atom. The number of hydrogen-bond donors (Lipinski definition) is 2. The Hall–Kier alpha value is -1.72. The molecular formula is C18H21NO4. The molecule has 1 aromatic carbocycles. The number of hydrogen-bond acceptors (Lipinski definition) is 5. The molecule has 0 saturated carbocycles. The number of benzene rings is 1. The molecule has 2 N–H and O–H groups in total. The second-order valence-electron chi connectivity index (χ2n) is 7.27. The quantitative estimate of drug-likeness (QED) is 0.763. The summed E-state index contributed by atoms with van der Waals surface area (Å²) in [4.78, 5) is 2.41. The van der Waals surface area contributed by atoms with Crippen LogP contribution < -0.4 is 9.47 Å². The van der Waals surface area contributed by atoms with Crippen LogP contribution >= 0.6 is 0 Å². The number of aromatic hydroxyl groups is 1. The molecule has 1 aromatic rings. The highest BCUT2D eigenvalue weighted by atomic mass is 16.5. The summed E-state index contributed by atoms with van der Waals surface area (Å²) in [7, 11) is 3.73. The fraction of sp³-hybridized carbons (Fsp3) is 0.556. The highest BCUT2D eigenvalue weighted by Crippen LogP contribution is 2.63. The molecule has 5 rings (SSSR count). The Bertz CT molecular complexity index is 730. The lowest BCUT2D eigenvalue weighted by molar-refractivity contribution is -0.0453. The molecule has 1 spiro atoms. The first kappa shape index (κ1) is 13.7. The zero-order chi connectivity index (χ0) is 15.9. The number of likely N-dealkylation sites (N-methyl/N-ethyl adjacent to an activating group) is 1. The van der Waals surface area contributed by atoms with Crippen molar-refractivity contribution in [2.45, 2.75) is 36.5 Å². The Morgan fingerprint density at radius 3 is 3.00 bits per heavy atom. The van der Waals surface area contributed by atoms with Crippen molar-refractivity contribution in [3.05, 3.63) is 29.3 Å². The Labute approximate surface area is 135 Å². The Kier molecular flexibility index (Phi) is 2.51. The van der Waals surface area contributed by atoms with Gasteiger partial charge in [0.2, 0.25) is 5.75 Å². The van der Waals surface area contributed by atoms with Crippen molar-refractivity contribution >= 4 is 0 Å². The number of phenolic OH excluding ortho intramolecular Hbond substituents is 1. The largest absolute Gasteiger partial charge is 0.502 e. The molecule has 4 aliphatic rings. The van der Waals surface area contributed by atoms with Crippen LogP contribution in [-0.2, 0) is 11.8 Å². The molecule has 0 unspecified atom stereocenters. The topological polar surface area (TPSA) is 62.2 Å². The van der Waals surface area contributed by atoms with Gasteiger partial charge < -0.3 is 24.6 Å². The first-order chi connectivity index (χ1) is 11.1. The second kappa shape index (κ2) is 4.22. The summed E-state index contributed by atoms with van der Waals surface area (Å²) in [5.41, 5.74) is 2.07. The van der Waals surface area contributed by atoms with Crippen LogP contribution in [0.15, 0.2) is 18.2 Å². The van der Waals surface area contributed by atoms with E-state index in [2.05, 4.69) is 18.0 Å². The van der Waals surface area contributed by atoms with Crippen LogP contribution in [0.1, 0.15) is 17.5 Å². The van der Waals surface area contributed by atoms with Gasteiger partial charge >= 0.3 is 0 Å². The minimum atomic E-state index is -0.640. The van der Waals surface area contributed by atoms with E-state index in [1.807, 2.05) is 12.1 Å². The summed E-state index contributed by atoms with van der Waals surface area (Å²) in [6.45, 7) is 0.979. The SMILES string of the molecule is COc1cc2c3c(c1O)O[C@H]1[C@@H](O)C=C[C@H]4[C@@H](C2)N(C)CC[C@@]341. The van der Waals surface area contributed by atoms with Gasteiger partial charge in [-0.2, -0.15) is 0 Å². The van der Waals surface area contributed by atoms with E-state index in [0.717, 1.165) is 24.9 Å². The smallest absolute Gasteiger partial charge is 0.201 e. The molecule has 2 aliphatic heterocycles. The lowest BCUT2D eigenvalue weighted by atomic mass is 9.53. The van der Waals surface area contributed by atoms with Gasteiger partial charge in [-0.15, -0.1) is 0 Å². The second-order valence-corrected chi connectivity index (χ2v) is 7.27. The maximum atomic E-state index is 10.6. The van der Waals surface area contributed by atoms with Crippen molar-refractivity contribution in [2.24, 2.45) is 5.92 Å². The number of ether oxygens (including phenoxy) is 2. The normalized spacial score (nSPS) is 39.8. The summed E-state index contributed by atoms with van der Waals surface area (Å²) < 4.78 is 11.5. The molecule has 5 atom stereocenters. The Balaban J connectivity index is 1.83. The average molecular weight is 315 g/mol. The minimum Gasteiger partial charge on any atom is -0.502 e. The van der Waals surface area contributed by atoms with Crippen molar-refractivity contribution in [1.82, 2.24) is 4.90 Å². The van der Waals surface area contributed by atoms with Gasteiger partial charge in [0.15, 0.2) is 11.5 Å². The average Bonchev–Trinajstić information content (AvgIpc) is 2.90. The van der Waals surface area contributed by atoms with Crippen LogP contribution in [0.25, 0.3) is 0 Å². The number of aliphatic hydroxyl groups excluding tert-OH is 1. The lowest BCUT2D eigenvalue weighted by Gasteiger charge is -2.56. The molecule has 23 heavy (non-hydrogen) atoms. The van der Waals surface area contributed by atoms with Gasteiger partial charge in [-0.25, -0.2) is 0 Å². The van der Waals surface area contributed by atoms with Gasteiger partial charge in [0.05, 0.1) is 7.11 Å². The molecule has 0 aromatic heterocycles. The number of rotatable bonds is 1. The number of nitrogens with zero attached hydrogens (tertiary/aromatic N) is 1. The van der Waals surface area contributed by atoms with Crippen LogP contribution in [-0.4, -0.2) is 54.1 Å². The Morgan fingerprint density at radius 1 is 1.39 bits per heavy atom. The minimum absolute atomic E-state index is 0.0679. The third kappa shape index (κ3) is 1.41. The number of likely N-dealkylation sites (tertiary alicyclic amines) is 1. The molecule has 122 valence electrons. The predicted octanol–water partition coefficient (Wildman–Crippen LogP) is 1.21. The number of aliphatic hydroxyl groups is 1. The van der Waals surface area contributed by atoms with Crippen LogP contribution in [0.2, 0.25) is 0 Å². The van der Waals surface area contributed by atoms with E-state index in [1.54, 1.807) is 7.11 Å². The van der Waals surface area contributed by atoms with Crippen LogP contribution in [0.4, 0.5) is 0 Å². The predicted molar refractivity (Wildman–Crippen MR) is 84.1 cm³/mol. The van der Waals surface area contributed by atoms with Gasteiger partial charge in [0.25, 0.3) is 0 Å². The summed E-state index contributed by atoms with van der Waals surface area (Å²) in [5.74, 6) is 1.37. The van der Waals surface area contributed by atoms with Crippen LogP contribution in [0.3, 0.4) is 0 Å². The van der Waals surface area contributed by atoms with Gasteiger partial charge in [0.1, 0.15) is 12.2 Å². The van der Waals surface area contributed by atoms with Crippen molar-refractivity contribution in [2.75, 3.05) is 20.7 Å². The third-order valence-corrected chi connectivity index (χ3v) is 6.45. The zero-order valence-electron chi connectivity index (χ0n) is 13.3. The summed E-state index contributed by atoms with van der Waals surface area (Å²) in [6.07, 6.45) is 4.93. The fourth-order valence-electron chi connectivity index (χ4n) is 5.44. The summed E-state index contributed by atoms with van der Waals surface area (Å²) in [5, 5.41) is 21.1. The molecule has 2 bridgehead atoms. The lowest BCUT2D eigenvalue weighted by Crippen LogP contribution is -2.64. The van der Waals surface area contributed by atoms with Crippen molar-refractivity contribution in [1.29, 1.82) is 0 Å². The molecule has 2 aliphatic carbocycles. The maximum Gasteiger partial charge on any atom is 0.201 e. The molecular weight excluding hydrogens is 294 g/mol. The van der Waals surface area contributed by atoms with Crippen molar-refractivity contribution in [3.63, 3.8) is 0 Å². The molecule has 1 fully saturated rings. The third-order valence-electron chi connectivity index (χ3n) is 6.45. The first-order valence-corrected chi connectivity index (χ1v) is 8.24. The number of phenols is 1. The van der Waals surface area contributed by atoms with E-state index < -0.39 is 6.10 Å². The van der Waals surface area contributed by atoms with E-state index in [1.165, 1.54) is 5.56 Å². The van der Waals surface area contributed by atoms with E-state index in [4.69, 9.17) is 9.47 Å². The van der Waals surface area contributed by atoms with Gasteiger partial charge in [-0.3, -0.25) is 0 Å². The van der Waals surface area contributed by atoms with Gasteiger partial charge in [-0.1, -0.05) is 12.2 Å². The van der Waals surface area contributed by atoms with Crippen LogP contribution in [0, 0.1) is 5.92 Å². The maximum absolute atomic E-state index is 10.6. The summed E-state index contributed by atoms with van der Waals surface area (Å²) in [6, 6.07) is 2.35. The van der Waals surface area contributed by atoms with E-state index in [0.29, 0.717) is 23.5 Å². The van der Waals surface area contributed by atoms with Crippen LogP contribution in [0.5, 0.6) is 17.2 Å². The molecule has 5 heteroatoms. The highest BCUT2D eigenvalue weighted by molar-refractivity contribution is 5.66.